The lowest BCUT2D eigenvalue weighted by Gasteiger charge is -2.31. The summed E-state index contributed by atoms with van der Waals surface area (Å²) in [5.74, 6) is 4.15. The summed E-state index contributed by atoms with van der Waals surface area (Å²) in [5, 5.41) is 0. The molecule has 12 heteroatoms. The van der Waals surface area contributed by atoms with Crippen molar-refractivity contribution in [2.24, 2.45) is 22.9 Å². The number of fused-ring (bicyclic) bond motifs is 8. The Morgan fingerprint density at radius 1 is 0.194 bits per heavy atom. The zero-order chi connectivity index (χ0) is 89.5. The van der Waals surface area contributed by atoms with Crippen LogP contribution in [0.15, 0.2) is 48.5 Å². The van der Waals surface area contributed by atoms with Gasteiger partial charge in [-0.3, -0.25) is 0 Å². The van der Waals surface area contributed by atoms with E-state index in [0.29, 0.717) is 78.3 Å². The standard InChI is InChI=1S/C112H204N8O4/c1-13-17-21-25-29-33-37-41-45-49-53-57-61-65-77-121-109-101-81-97(93-117(5,6)73-69-113)82-102(109)90-104-84-99(95-119(9,10)75-71-115)86-106(111(104)123-79-67-63-59-55-51-47-43-39-35-31-27-23-19-15-3)92-108-88-100(96-120(11,12)76-72-116)87-107(112(108)124-80-68-64-60-56-52-48-44-40-36-32-28-24-20-16-4)91-105-85-98(94-118(7,8)74-70-114)83-103(89-101)110(105)122-78-66-62-58-54-50-46-42-38-34-30-26-22-18-14-2/h81-88H,13-80,89-96,113-116H2,1-12H3/q+4. The average Bonchev–Trinajstić information content (AvgIpc) is 0.767. The first-order valence-corrected chi connectivity index (χ1v) is 53.4. The second-order valence-electron chi connectivity index (χ2n) is 41.9. The molecule has 0 heterocycles. The van der Waals surface area contributed by atoms with Crippen molar-refractivity contribution in [3.63, 3.8) is 0 Å². The third-order valence-electron chi connectivity index (χ3n) is 27.1. The van der Waals surface area contributed by atoms with E-state index in [1.807, 2.05) is 0 Å². The molecule has 0 radical (unpaired) electrons. The highest BCUT2D eigenvalue weighted by molar-refractivity contribution is 5.59. The molecule has 12 nitrogen and oxygen atoms in total. The fourth-order valence-electron chi connectivity index (χ4n) is 19.9. The van der Waals surface area contributed by atoms with E-state index >= 15 is 0 Å². The molecule has 0 amide bonds. The van der Waals surface area contributed by atoms with Crippen LogP contribution in [-0.4, -0.2) is 153 Å². The quantitative estimate of drug-likeness (QED) is 0.0223. The van der Waals surface area contributed by atoms with Crippen LogP contribution < -0.4 is 41.9 Å². The van der Waals surface area contributed by atoms with Crippen LogP contribution in [0.4, 0.5) is 0 Å². The summed E-state index contributed by atoms with van der Waals surface area (Å²) in [6.07, 6.45) is 76.7. The normalized spacial score (nSPS) is 12.8. The topological polar surface area (TPSA) is 141 Å². The van der Waals surface area contributed by atoms with E-state index in [9.17, 15) is 0 Å². The van der Waals surface area contributed by atoms with Crippen LogP contribution >= 0.6 is 0 Å². The lowest BCUT2D eigenvalue weighted by atomic mass is 9.88. The molecule has 712 valence electrons. The van der Waals surface area contributed by atoms with E-state index in [1.165, 1.54) is 401 Å². The number of rotatable bonds is 80. The smallest absolute Gasteiger partial charge is 0.126 e. The van der Waals surface area contributed by atoms with Crippen molar-refractivity contribution >= 4 is 0 Å². The van der Waals surface area contributed by atoms with Crippen molar-refractivity contribution in [3.8, 4) is 23.0 Å². The monoisotopic (exact) mass is 1730 g/mol. The molecule has 8 N–H and O–H groups in total. The van der Waals surface area contributed by atoms with Crippen LogP contribution in [0.5, 0.6) is 23.0 Å². The van der Waals surface area contributed by atoms with Gasteiger partial charge in [-0.2, -0.15) is 0 Å². The van der Waals surface area contributed by atoms with Crippen LogP contribution in [0.25, 0.3) is 0 Å². The van der Waals surface area contributed by atoms with Gasteiger partial charge in [0.25, 0.3) is 0 Å². The van der Waals surface area contributed by atoms with E-state index in [-0.39, 0.29) is 0 Å². The van der Waals surface area contributed by atoms with Crippen LogP contribution in [0, 0.1) is 0 Å². The van der Waals surface area contributed by atoms with Gasteiger partial charge in [-0.1, -0.05) is 362 Å². The number of likely N-dealkylation sites (N-methyl/N-ethyl adjacent to an activating group) is 4. The minimum absolute atomic E-state index is 0.622. The van der Waals surface area contributed by atoms with Gasteiger partial charge in [-0.05, 0) is 119 Å². The van der Waals surface area contributed by atoms with Gasteiger partial charge >= 0.3 is 0 Å². The predicted molar refractivity (Wildman–Crippen MR) is 539 cm³/mol. The first kappa shape index (κ1) is 110. The zero-order valence-corrected chi connectivity index (χ0v) is 84.1. The maximum atomic E-state index is 7.70. The lowest BCUT2D eigenvalue weighted by Crippen LogP contribution is -2.42. The molecule has 0 fully saturated rings. The number of ether oxygens (including phenoxy) is 4. The molecule has 8 bridgehead atoms. The number of hydrogen-bond donors (Lipinski definition) is 4. The Kier molecular flexibility index (Phi) is 60.4. The Hall–Kier alpha value is -4.24. The van der Waals surface area contributed by atoms with Crippen molar-refractivity contribution in [1.82, 2.24) is 0 Å². The molecule has 124 heavy (non-hydrogen) atoms. The molecule has 0 aliphatic heterocycles. The molecule has 4 aromatic rings. The molecule has 0 unspecified atom stereocenters. The van der Waals surface area contributed by atoms with Crippen molar-refractivity contribution < 1.29 is 36.9 Å². The Bertz CT molecular complexity index is 2780. The van der Waals surface area contributed by atoms with E-state index in [2.05, 4.69) is 133 Å². The molecule has 5 rings (SSSR count). The van der Waals surface area contributed by atoms with Crippen molar-refractivity contribution in [2.75, 3.05) is 135 Å². The summed E-state index contributed by atoms with van der Waals surface area (Å²) in [4.78, 5) is 0. The van der Waals surface area contributed by atoms with Crippen molar-refractivity contribution in [1.29, 1.82) is 0 Å². The molecule has 1 aliphatic carbocycles. The number of quaternary nitrogens is 4. The maximum absolute atomic E-state index is 7.70. The zero-order valence-electron chi connectivity index (χ0n) is 84.1. The van der Waals surface area contributed by atoms with E-state index in [1.54, 1.807) is 0 Å². The van der Waals surface area contributed by atoms with Gasteiger partial charge < -0.3 is 59.8 Å². The number of nitrogens with zero attached hydrogens (tertiary/aromatic N) is 4. The van der Waals surface area contributed by atoms with Crippen molar-refractivity contribution in [2.45, 2.75) is 439 Å². The fourth-order valence-corrected chi connectivity index (χ4v) is 19.9. The Morgan fingerprint density at radius 3 is 0.435 bits per heavy atom. The van der Waals surface area contributed by atoms with Gasteiger partial charge in [0.05, 0.1) is 109 Å². The summed E-state index contributed by atoms with van der Waals surface area (Å²) in [5.41, 5.74) is 41.4. The summed E-state index contributed by atoms with van der Waals surface area (Å²) in [6, 6.07) is 20.4. The average molecular weight is 1730 g/mol. The minimum Gasteiger partial charge on any atom is -0.493 e. The molecular weight excluding hydrogens is 1520 g/mol. The second-order valence-corrected chi connectivity index (χ2v) is 41.9. The highest BCUT2D eigenvalue weighted by Gasteiger charge is 2.30. The first-order chi connectivity index (χ1) is 60.2. The second kappa shape index (κ2) is 67.9. The molecular formula is C112H204N8O4+4. The van der Waals surface area contributed by atoms with Crippen molar-refractivity contribution in [3.05, 3.63) is 115 Å². The minimum atomic E-state index is 0.622. The molecule has 1 aliphatic rings. The van der Waals surface area contributed by atoms with Crippen LogP contribution in [-0.2, 0) is 51.9 Å². The van der Waals surface area contributed by atoms with Gasteiger partial charge in [0.2, 0.25) is 0 Å². The lowest BCUT2D eigenvalue weighted by molar-refractivity contribution is -0.902. The van der Waals surface area contributed by atoms with Gasteiger partial charge in [0.1, 0.15) is 49.2 Å². The number of nitrogens with two attached hydrogens (primary N) is 4. The number of unbranched alkanes of at least 4 members (excludes halogenated alkanes) is 52. The highest BCUT2D eigenvalue weighted by Crippen LogP contribution is 2.43. The molecule has 0 saturated heterocycles. The van der Waals surface area contributed by atoms with Gasteiger partial charge in [0.15, 0.2) is 0 Å². The van der Waals surface area contributed by atoms with E-state index in [0.717, 1.165) is 119 Å². The number of hydrogen-bond acceptors (Lipinski definition) is 8. The Morgan fingerprint density at radius 2 is 0.315 bits per heavy atom. The summed E-state index contributed by atoms with van der Waals surface area (Å²) in [7, 11) is 18.9. The van der Waals surface area contributed by atoms with Crippen LogP contribution in [0.3, 0.4) is 0 Å². The predicted octanol–water partition coefficient (Wildman–Crippen LogP) is 27.9. The largest absolute Gasteiger partial charge is 0.493 e. The third kappa shape index (κ3) is 49.7. The van der Waals surface area contributed by atoms with Crippen LogP contribution in [0.2, 0.25) is 0 Å². The molecule has 0 aromatic heterocycles. The first-order valence-electron chi connectivity index (χ1n) is 53.4. The SMILES string of the molecule is CCCCCCCCCCCCCCCCOc1c2cc(C[N+](C)(C)CCN)cc1Cc1cc(C[N+](C)(C)CCN)cc(c1OCCCCCCCCCCCCCCCC)Cc1cc(C[N+](C)(C)CCN)cc(c1OCCCCCCCCCCCCCCCC)Cc1cc(C[N+](C)(C)CCN)cc(c1OCCCCCCCCCCCCCCCC)C2. The highest BCUT2D eigenvalue weighted by atomic mass is 16.5. The molecule has 0 atom stereocenters. The molecule has 0 spiro atoms. The van der Waals surface area contributed by atoms with Gasteiger partial charge in [-0.25, -0.2) is 0 Å². The molecule has 0 saturated carbocycles. The summed E-state index contributed by atoms with van der Waals surface area (Å²) in [6.45, 7) is 21.3. The number of benzene rings is 4. The summed E-state index contributed by atoms with van der Waals surface area (Å²) >= 11 is 0. The third-order valence-corrected chi connectivity index (χ3v) is 27.1. The van der Waals surface area contributed by atoms with E-state index in [4.69, 9.17) is 41.9 Å². The Labute approximate surface area is 767 Å². The van der Waals surface area contributed by atoms with Gasteiger partial charge in [0, 0.05) is 74.1 Å². The molecule has 4 aromatic carbocycles. The Balaban J connectivity index is 1.76. The van der Waals surface area contributed by atoms with Gasteiger partial charge in [-0.15, -0.1) is 0 Å². The van der Waals surface area contributed by atoms with E-state index < -0.39 is 0 Å². The fraction of sp³-hybridized carbons (Fsp3) is 0.786. The van der Waals surface area contributed by atoms with Crippen LogP contribution in [0.1, 0.15) is 454 Å². The maximum Gasteiger partial charge on any atom is 0.126 e. The summed E-state index contributed by atoms with van der Waals surface area (Å²) < 4.78 is 33.9.